The zero-order chi connectivity index (χ0) is 14.2. The molecular weight excluding hydrogens is 377 g/mol. The van der Waals surface area contributed by atoms with Gasteiger partial charge in [-0.25, -0.2) is 4.99 Å². The van der Waals surface area contributed by atoms with Crippen molar-refractivity contribution in [1.82, 2.24) is 5.32 Å². The van der Waals surface area contributed by atoms with Gasteiger partial charge in [0.05, 0.1) is 6.54 Å². The summed E-state index contributed by atoms with van der Waals surface area (Å²) in [5.41, 5.74) is 7.12. The summed E-state index contributed by atoms with van der Waals surface area (Å²) in [4.78, 5) is 4.31. The van der Waals surface area contributed by atoms with E-state index >= 15 is 0 Å². The van der Waals surface area contributed by atoms with Crippen LogP contribution < -0.4 is 15.8 Å². The second-order valence-corrected chi connectivity index (χ2v) is 5.41. The smallest absolute Gasteiger partial charge is 0.188 e. The lowest BCUT2D eigenvalue weighted by atomic mass is 9.96. The largest absolute Gasteiger partial charge is 0.492 e. The summed E-state index contributed by atoms with van der Waals surface area (Å²) >= 11 is 0. The lowest BCUT2D eigenvalue weighted by molar-refractivity contribution is 0.328. The van der Waals surface area contributed by atoms with Crippen molar-refractivity contribution in [3.05, 3.63) is 29.8 Å². The second-order valence-electron chi connectivity index (χ2n) is 5.41. The minimum absolute atomic E-state index is 0. The molecular formula is C16H26IN3O. The standard InChI is InChI=1S/C16H25N3O.HI/c1-13-7-9-15(10-8-13)20-12-11-18-16(17)19-14-5-3-2-4-6-14;/h7-10,14H,2-6,11-12H2,1H3,(H3,17,18,19);1H. The number of rotatable bonds is 5. The van der Waals surface area contributed by atoms with Crippen molar-refractivity contribution < 1.29 is 4.74 Å². The van der Waals surface area contributed by atoms with Crippen molar-refractivity contribution in [3.8, 4) is 5.75 Å². The Morgan fingerprint density at radius 1 is 1.24 bits per heavy atom. The highest BCUT2D eigenvalue weighted by Gasteiger charge is 2.12. The van der Waals surface area contributed by atoms with Crippen LogP contribution in [0, 0.1) is 6.92 Å². The van der Waals surface area contributed by atoms with Gasteiger partial charge in [-0.1, -0.05) is 37.0 Å². The van der Waals surface area contributed by atoms with Gasteiger partial charge in [-0.15, -0.1) is 24.0 Å². The van der Waals surface area contributed by atoms with Gasteiger partial charge in [0.15, 0.2) is 5.96 Å². The first kappa shape index (κ1) is 18.1. The van der Waals surface area contributed by atoms with Gasteiger partial charge in [-0.05, 0) is 31.9 Å². The van der Waals surface area contributed by atoms with Gasteiger partial charge in [0.2, 0.25) is 0 Å². The first-order chi connectivity index (χ1) is 9.74. The van der Waals surface area contributed by atoms with Crippen LogP contribution in [0.25, 0.3) is 0 Å². The van der Waals surface area contributed by atoms with E-state index in [-0.39, 0.29) is 24.0 Å². The molecule has 0 aromatic heterocycles. The van der Waals surface area contributed by atoms with Gasteiger partial charge in [0.1, 0.15) is 12.4 Å². The number of halogens is 1. The Morgan fingerprint density at radius 3 is 2.57 bits per heavy atom. The number of nitrogens with one attached hydrogen (secondary N) is 1. The van der Waals surface area contributed by atoms with Crippen LogP contribution in [-0.4, -0.2) is 25.2 Å². The SMILES string of the molecule is Cc1ccc(OCCN=C(N)NC2CCCCC2)cc1.I. The van der Waals surface area contributed by atoms with Crippen molar-refractivity contribution in [3.63, 3.8) is 0 Å². The summed E-state index contributed by atoms with van der Waals surface area (Å²) in [6.07, 6.45) is 6.34. The van der Waals surface area contributed by atoms with Gasteiger partial charge < -0.3 is 15.8 Å². The molecule has 1 aliphatic rings. The summed E-state index contributed by atoms with van der Waals surface area (Å²) < 4.78 is 5.61. The highest BCUT2D eigenvalue weighted by Crippen LogP contribution is 2.17. The third-order valence-corrected chi connectivity index (χ3v) is 3.62. The Hall–Kier alpha value is -0.980. The summed E-state index contributed by atoms with van der Waals surface area (Å²) in [6.45, 7) is 3.20. The first-order valence-corrected chi connectivity index (χ1v) is 7.50. The molecule has 1 aromatic carbocycles. The average Bonchev–Trinajstić information content (AvgIpc) is 2.46. The molecule has 3 N–H and O–H groups in total. The van der Waals surface area contributed by atoms with Crippen molar-refractivity contribution in [2.24, 2.45) is 10.7 Å². The Morgan fingerprint density at radius 2 is 1.90 bits per heavy atom. The molecule has 118 valence electrons. The van der Waals surface area contributed by atoms with Crippen LogP contribution in [0.3, 0.4) is 0 Å². The number of benzene rings is 1. The van der Waals surface area contributed by atoms with E-state index in [2.05, 4.69) is 17.2 Å². The van der Waals surface area contributed by atoms with E-state index in [1.165, 1.54) is 37.7 Å². The molecule has 0 radical (unpaired) electrons. The normalized spacial score (nSPS) is 16.1. The molecule has 1 fully saturated rings. The molecule has 4 nitrogen and oxygen atoms in total. The fourth-order valence-electron chi connectivity index (χ4n) is 2.47. The van der Waals surface area contributed by atoms with E-state index in [0.29, 0.717) is 25.2 Å². The quantitative estimate of drug-likeness (QED) is 0.344. The molecule has 0 aliphatic heterocycles. The predicted molar refractivity (Wildman–Crippen MR) is 98.6 cm³/mol. The molecule has 0 unspecified atom stereocenters. The molecule has 1 aliphatic carbocycles. The molecule has 1 saturated carbocycles. The van der Waals surface area contributed by atoms with Crippen LogP contribution in [0.2, 0.25) is 0 Å². The van der Waals surface area contributed by atoms with Crippen LogP contribution >= 0.6 is 24.0 Å². The van der Waals surface area contributed by atoms with Crippen molar-refractivity contribution in [2.75, 3.05) is 13.2 Å². The van der Waals surface area contributed by atoms with Crippen LogP contribution in [0.5, 0.6) is 5.75 Å². The molecule has 0 spiro atoms. The van der Waals surface area contributed by atoms with Gasteiger partial charge in [-0.3, -0.25) is 0 Å². The van der Waals surface area contributed by atoms with E-state index in [9.17, 15) is 0 Å². The minimum atomic E-state index is 0. The molecule has 5 heteroatoms. The van der Waals surface area contributed by atoms with Gasteiger partial charge in [0.25, 0.3) is 0 Å². The summed E-state index contributed by atoms with van der Waals surface area (Å²) in [5, 5.41) is 3.30. The average molecular weight is 403 g/mol. The highest BCUT2D eigenvalue weighted by atomic mass is 127. The van der Waals surface area contributed by atoms with E-state index in [1.807, 2.05) is 24.3 Å². The third kappa shape index (κ3) is 7.02. The number of nitrogens with two attached hydrogens (primary N) is 1. The molecule has 21 heavy (non-hydrogen) atoms. The van der Waals surface area contributed by atoms with Gasteiger partial charge in [0, 0.05) is 6.04 Å². The molecule has 0 heterocycles. The molecule has 0 bridgehead atoms. The number of guanidine groups is 1. The fraction of sp³-hybridized carbons (Fsp3) is 0.562. The van der Waals surface area contributed by atoms with Gasteiger partial charge >= 0.3 is 0 Å². The highest BCUT2D eigenvalue weighted by molar-refractivity contribution is 14.0. The van der Waals surface area contributed by atoms with E-state index in [0.717, 1.165) is 5.75 Å². The zero-order valence-corrected chi connectivity index (χ0v) is 15.0. The van der Waals surface area contributed by atoms with Crippen molar-refractivity contribution in [2.45, 2.75) is 45.1 Å². The Bertz CT molecular complexity index is 428. The number of ether oxygens (including phenoxy) is 1. The molecule has 0 amide bonds. The molecule has 0 atom stereocenters. The Kier molecular flexibility index (Phi) is 8.49. The van der Waals surface area contributed by atoms with Crippen LogP contribution in [0.4, 0.5) is 0 Å². The second kappa shape index (κ2) is 9.87. The summed E-state index contributed by atoms with van der Waals surface area (Å²) in [6, 6.07) is 8.53. The van der Waals surface area contributed by atoms with Gasteiger partial charge in [-0.2, -0.15) is 0 Å². The maximum Gasteiger partial charge on any atom is 0.188 e. The number of hydrogen-bond acceptors (Lipinski definition) is 2. The van der Waals surface area contributed by atoms with E-state index < -0.39 is 0 Å². The Labute approximate surface area is 144 Å². The molecule has 1 aromatic rings. The first-order valence-electron chi connectivity index (χ1n) is 7.50. The van der Waals surface area contributed by atoms with Crippen LogP contribution in [0.1, 0.15) is 37.7 Å². The lowest BCUT2D eigenvalue weighted by Gasteiger charge is -2.23. The van der Waals surface area contributed by atoms with Crippen LogP contribution in [0.15, 0.2) is 29.3 Å². The minimum Gasteiger partial charge on any atom is -0.492 e. The summed E-state index contributed by atoms with van der Waals surface area (Å²) in [7, 11) is 0. The molecule has 2 rings (SSSR count). The number of nitrogens with zero attached hydrogens (tertiary/aromatic N) is 1. The monoisotopic (exact) mass is 403 g/mol. The fourth-order valence-corrected chi connectivity index (χ4v) is 2.47. The summed E-state index contributed by atoms with van der Waals surface area (Å²) in [5.74, 6) is 1.43. The lowest BCUT2D eigenvalue weighted by Crippen LogP contribution is -2.41. The zero-order valence-electron chi connectivity index (χ0n) is 12.7. The maximum absolute atomic E-state index is 5.89. The number of aliphatic imine (C=N–C) groups is 1. The van der Waals surface area contributed by atoms with Crippen molar-refractivity contribution >= 4 is 29.9 Å². The van der Waals surface area contributed by atoms with Crippen molar-refractivity contribution in [1.29, 1.82) is 0 Å². The number of hydrogen-bond donors (Lipinski definition) is 2. The third-order valence-electron chi connectivity index (χ3n) is 3.62. The topological polar surface area (TPSA) is 59.6 Å². The Balaban J connectivity index is 0.00000220. The molecule has 0 saturated heterocycles. The van der Waals surface area contributed by atoms with E-state index in [4.69, 9.17) is 10.5 Å². The maximum atomic E-state index is 5.89. The van der Waals surface area contributed by atoms with Crippen LogP contribution in [-0.2, 0) is 0 Å². The predicted octanol–water partition coefficient (Wildman–Crippen LogP) is 3.23. The number of aryl methyl sites for hydroxylation is 1. The van der Waals surface area contributed by atoms with E-state index in [1.54, 1.807) is 0 Å².